The molecule has 5 heteroatoms. The minimum Gasteiger partial charge on any atom is -0.508 e. The van der Waals surface area contributed by atoms with E-state index in [9.17, 15) is 9.90 Å². The van der Waals surface area contributed by atoms with Crippen LogP contribution in [0.25, 0.3) is 12.2 Å². The number of hydrogen-bond acceptors (Lipinski definition) is 5. The van der Waals surface area contributed by atoms with E-state index in [4.69, 9.17) is 14.2 Å². The van der Waals surface area contributed by atoms with Crippen molar-refractivity contribution in [1.82, 2.24) is 0 Å². The van der Waals surface area contributed by atoms with Crippen molar-refractivity contribution in [2.45, 2.75) is 65.3 Å². The van der Waals surface area contributed by atoms with Crippen molar-refractivity contribution in [2.75, 3.05) is 6.61 Å². The number of hydrogen-bond donors (Lipinski definition) is 1. The molecule has 1 aliphatic rings. The number of carbonyl (C=O) groups is 1. The lowest BCUT2D eigenvalue weighted by atomic mass is 9.98. The standard InChI is InChI=1S/C20H22O3.C10H16O2/c1-3-22-16(2)23-20-14-10-18(11-15-20)7-5-4-6-17-8-12-19(21)13-9-17;1-8(2)10(11)12-9-6-4-3-5-7-9/h4-16,21H,3H2,1-2H3;9H,1,3-7H2,2H3. The van der Waals surface area contributed by atoms with Gasteiger partial charge >= 0.3 is 5.97 Å². The van der Waals surface area contributed by atoms with E-state index in [2.05, 4.69) is 6.58 Å². The zero-order chi connectivity index (χ0) is 25.5. The van der Waals surface area contributed by atoms with Crippen LogP contribution < -0.4 is 4.74 Å². The summed E-state index contributed by atoms with van der Waals surface area (Å²) >= 11 is 0. The van der Waals surface area contributed by atoms with Gasteiger partial charge in [0.2, 0.25) is 0 Å². The maximum Gasteiger partial charge on any atom is 0.333 e. The predicted octanol–water partition coefficient (Wildman–Crippen LogP) is 7.32. The van der Waals surface area contributed by atoms with Crippen LogP contribution in [0.4, 0.5) is 0 Å². The molecule has 1 unspecified atom stereocenters. The molecule has 0 aromatic heterocycles. The molecule has 0 saturated heterocycles. The van der Waals surface area contributed by atoms with Gasteiger partial charge in [0.15, 0.2) is 6.29 Å². The van der Waals surface area contributed by atoms with Crippen LogP contribution >= 0.6 is 0 Å². The Morgan fingerprint density at radius 1 is 1.00 bits per heavy atom. The number of rotatable bonds is 9. The van der Waals surface area contributed by atoms with Gasteiger partial charge in [-0.2, -0.15) is 0 Å². The third-order valence-electron chi connectivity index (χ3n) is 5.34. The predicted molar refractivity (Wildman–Crippen MR) is 142 cm³/mol. The average molecular weight is 479 g/mol. The largest absolute Gasteiger partial charge is 0.508 e. The van der Waals surface area contributed by atoms with Gasteiger partial charge in [-0.05, 0) is 81.8 Å². The van der Waals surface area contributed by atoms with E-state index in [0.717, 1.165) is 29.7 Å². The van der Waals surface area contributed by atoms with Gasteiger partial charge in [-0.25, -0.2) is 4.79 Å². The summed E-state index contributed by atoms with van der Waals surface area (Å²) < 4.78 is 16.2. The summed E-state index contributed by atoms with van der Waals surface area (Å²) in [4.78, 5) is 11.1. The molecule has 0 spiro atoms. The summed E-state index contributed by atoms with van der Waals surface area (Å²) in [5, 5.41) is 9.23. The molecule has 0 amide bonds. The fraction of sp³-hybridized carbons (Fsp3) is 0.367. The summed E-state index contributed by atoms with van der Waals surface area (Å²) in [6, 6.07) is 14.9. The number of phenols is 1. The molecular weight excluding hydrogens is 440 g/mol. The summed E-state index contributed by atoms with van der Waals surface area (Å²) in [5.41, 5.74) is 2.64. The van der Waals surface area contributed by atoms with Crippen LogP contribution in [0.2, 0.25) is 0 Å². The second-order valence-corrected chi connectivity index (χ2v) is 8.47. The topological polar surface area (TPSA) is 65.0 Å². The van der Waals surface area contributed by atoms with Gasteiger partial charge in [-0.15, -0.1) is 0 Å². The van der Waals surface area contributed by atoms with Crippen molar-refractivity contribution in [1.29, 1.82) is 0 Å². The quantitative estimate of drug-likeness (QED) is 0.177. The number of carbonyl (C=O) groups excluding carboxylic acids is 1. The molecule has 2 aromatic carbocycles. The Kier molecular flexibility index (Phi) is 12.4. The first-order valence-electron chi connectivity index (χ1n) is 12.3. The van der Waals surface area contributed by atoms with Gasteiger partial charge in [0, 0.05) is 12.2 Å². The highest BCUT2D eigenvalue weighted by Gasteiger charge is 2.17. The van der Waals surface area contributed by atoms with Crippen LogP contribution in [0.15, 0.2) is 72.8 Å². The van der Waals surface area contributed by atoms with Crippen molar-refractivity contribution >= 4 is 18.1 Å². The number of allylic oxidation sites excluding steroid dienone is 2. The first kappa shape index (κ1) is 27.9. The van der Waals surface area contributed by atoms with E-state index in [0.29, 0.717) is 12.2 Å². The second-order valence-electron chi connectivity index (χ2n) is 8.47. The smallest absolute Gasteiger partial charge is 0.333 e. The van der Waals surface area contributed by atoms with E-state index < -0.39 is 0 Å². The highest BCUT2D eigenvalue weighted by atomic mass is 16.7. The first-order chi connectivity index (χ1) is 16.9. The van der Waals surface area contributed by atoms with Gasteiger partial charge in [0.25, 0.3) is 0 Å². The van der Waals surface area contributed by atoms with Crippen LogP contribution in [-0.2, 0) is 14.3 Å². The Bertz CT molecular complexity index is 951. The van der Waals surface area contributed by atoms with Crippen molar-refractivity contribution < 1.29 is 24.1 Å². The van der Waals surface area contributed by atoms with Crippen molar-refractivity contribution in [2.24, 2.45) is 0 Å². The zero-order valence-electron chi connectivity index (χ0n) is 21.1. The third-order valence-corrected chi connectivity index (χ3v) is 5.34. The van der Waals surface area contributed by atoms with E-state index in [1.165, 1.54) is 19.3 Å². The van der Waals surface area contributed by atoms with Gasteiger partial charge in [0.1, 0.15) is 17.6 Å². The van der Waals surface area contributed by atoms with Crippen molar-refractivity contribution in [3.8, 4) is 11.5 Å². The molecule has 1 atom stereocenters. The molecule has 1 aliphatic carbocycles. The SMILES string of the molecule is C=C(C)C(=O)OC1CCCCC1.CCOC(C)Oc1ccc(C=CC=Cc2ccc(O)cc2)cc1. The Balaban J connectivity index is 0.000000303. The molecular formula is C30H38O5. The van der Waals surface area contributed by atoms with E-state index >= 15 is 0 Å². The lowest BCUT2D eigenvalue weighted by molar-refractivity contribution is -0.145. The molecule has 1 fully saturated rings. The molecule has 1 N–H and O–H groups in total. The van der Waals surface area contributed by atoms with E-state index in [-0.39, 0.29) is 24.1 Å². The normalized spacial score (nSPS) is 14.8. The second kappa shape index (κ2) is 15.6. The molecule has 0 aliphatic heterocycles. The van der Waals surface area contributed by atoms with E-state index in [1.807, 2.05) is 74.5 Å². The maximum atomic E-state index is 11.1. The van der Waals surface area contributed by atoms with Crippen LogP contribution in [-0.4, -0.2) is 30.1 Å². The van der Waals surface area contributed by atoms with Crippen LogP contribution in [0.1, 0.15) is 64.0 Å². The lowest BCUT2D eigenvalue weighted by Gasteiger charge is -2.21. The Morgan fingerprint density at radius 3 is 2.06 bits per heavy atom. The molecule has 2 aromatic rings. The molecule has 3 rings (SSSR count). The minimum atomic E-state index is -0.241. The van der Waals surface area contributed by atoms with Gasteiger partial charge < -0.3 is 19.3 Å². The number of benzene rings is 2. The van der Waals surface area contributed by atoms with Gasteiger partial charge in [-0.1, -0.05) is 61.6 Å². The summed E-state index contributed by atoms with van der Waals surface area (Å²) in [5.74, 6) is 0.836. The van der Waals surface area contributed by atoms with Crippen molar-refractivity contribution in [3.63, 3.8) is 0 Å². The van der Waals surface area contributed by atoms with Gasteiger partial charge in [0.05, 0.1) is 0 Å². The summed E-state index contributed by atoms with van der Waals surface area (Å²) in [6.07, 6.45) is 13.6. The van der Waals surface area contributed by atoms with Crippen molar-refractivity contribution in [3.05, 3.63) is 84.0 Å². The first-order valence-corrected chi connectivity index (χ1v) is 12.3. The lowest BCUT2D eigenvalue weighted by Crippen LogP contribution is -2.20. The Labute approximate surface area is 209 Å². The van der Waals surface area contributed by atoms with Crippen LogP contribution in [0.5, 0.6) is 11.5 Å². The number of aromatic hydroxyl groups is 1. The molecule has 1 saturated carbocycles. The fourth-order valence-corrected chi connectivity index (χ4v) is 3.47. The minimum absolute atomic E-state index is 0.156. The molecule has 0 bridgehead atoms. The average Bonchev–Trinajstić information content (AvgIpc) is 2.85. The fourth-order valence-electron chi connectivity index (χ4n) is 3.47. The molecule has 35 heavy (non-hydrogen) atoms. The number of esters is 1. The Morgan fingerprint density at radius 2 is 1.54 bits per heavy atom. The highest BCUT2D eigenvalue weighted by molar-refractivity contribution is 5.87. The van der Waals surface area contributed by atoms with E-state index in [1.54, 1.807) is 19.1 Å². The van der Waals surface area contributed by atoms with Crippen LogP contribution in [0, 0.1) is 0 Å². The third kappa shape index (κ3) is 11.6. The molecule has 188 valence electrons. The molecule has 5 nitrogen and oxygen atoms in total. The molecule has 0 radical (unpaired) electrons. The molecule has 0 heterocycles. The summed E-state index contributed by atoms with van der Waals surface area (Å²) in [6.45, 7) is 9.69. The maximum absolute atomic E-state index is 11.1. The number of phenolic OH excluding ortho intramolecular Hbond substituents is 1. The van der Waals surface area contributed by atoms with Gasteiger partial charge in [-0.3, -0.25) is 0 Å². The van der Waals surface area contributed by atoms with Crippen LogP contribution in [0.3, 0.4) is 0 Å². The highest BCUT2D eigenvalue weighted by Crippen LogP contribution is 2.21. The monoisotopic (exact) mass is 478 g/mol. The Hall–Kier alpha value is -3.31. The zero-order valence-corrected chi connectivity index (χ0v) is 21.1. The number of ether oxygens (including phenoxy) is 3. The summed E-state index contributed by atoms with van der Waals surface area (Å²) in [7, 11) is 0.